The highest BCUT2D eigenvalue weighted by Gasteiger charge is 2.35. The summed E-state index contributed by atoms with van der Waals surface area (Å²) in [6.07, 6.45) is 1.04. The van der Waals surface area contributed by atoms with Crippen LogP contribution in [0.4, 0.5) is 0 Å². The number of nitrogens with one attached hydrogen (secondary N) is 1. The van der Waals surface area contributed by atoms with Crippen LogP contribution in [0.25, 0.3) is 0 Å². The molecular formula is C20H23NO4S. The number of rotatable bonds is 4. The lowest BCUT2D eigenvalue weighted by Crippen LogP contribution is -2.35. The van der Waals surface area contributed by atoms with Gasteiger partial charge >= 0.3 is 0 Å². The maximum Gasteiger partial charge on any atom is 0.206 e. The van der Waals surface area contributed by atoms with E-state index >= 15 is 0 Å². The van der Waals surface area contributed by atoms with Crippen molar-refractivity contribution in [1.82, 2.24) is 5.32 Å². The van der Waals surface area contributed by atoms with E-state index in [0.717, 1.165) is 18.5 Å². The fourth-order valence-electron chi connectivity index (χ4n) is 3.73. The fourth-order valence-corrected chi connectivity index (χ4v) is 5.04. The van der Waals surface area contributed by atoms with Gasteiger partial charge in [0.05, 0.1) is 15.9 Å². The number of sulfone groups is 1. The lowest BCUT2D eigenvalue weighted by molar-refractivity contribution is 0.238. The van der Waals surface area contributed by atoms with Crippen molar-refractivity contribution in [3.8, 4) is 11.5 Å². The highest BCUT2D eigenvalue weighted by molar-refractivity contribution is 7.91. The molecule has 1 saturated heterocycles. The average molecular weight is 373 g/mol. The van der Waals surface area contributed by atoms with Gasteiger partial charge in [0.15, 0.2) is 0 Å². The zero-order valence-electron chi connectivity index (χ0n) is 14.9. The monoisotopic (exact) mass is 373 g/mol. The van der Waals surface area contributed by atoms with Gasteiger partial charge in [0.2, 0.25) is 9.84 Å². The molecule has 1 N–H and O–H groups in total. The predicted octanol–water partition coefficient (Wildman–Crippen LogP) is 3.14. The first kappa shape index (κ1) is 17.4. The number of fused-ring (bicyclic) bond motifs is 3. The molecule has 0 aliphatic carbocycles. The van der Waals surface area contributed by atoms with Crippen molar-refractivity contribution in [1.29, 1.82) is 0 Å². The van der Waals surface area contributed by atoms with Gasteiger partial charge in [-0.25, -0.2) is 8.42 Å². The largest absolute Gasteiger partial charge is 0.492 e. The van der Waals surface area contributed by atoms with Crippen LogP contribution >= 0.6 is 0 Å². The van der Waals surface area contributed by atoms with Gasteiger partial charge in [-0.15, -0.1) is 0 Å². The Kier molecular flexibility index (Phi) is 4.40. The molecule has 0 spiro atoms. The molecule has 2 aromatic carbocycles. The Bertz CT molecular complexity index is 923. The van der Waals surface area contributed by atoms with Gasteiger partial charge < -0.3 is 14.8 Å². The van der Waals surface area contributed by atoms with E-state index < -0.39 is 9.84 Å². The zero-order chi connectivity index (χ0) is 18.3. The van der Waals surface area contributed by atoms with Gasteiger partial charge in [0, 0.05) is 12.0 Å². The second-order valence-electron chi connectivity index (χ2n) is 7.11. The average Bonchev–Trinajstić information content (AvgIpc) is 3.10. The van der Waals surface area contributed by atoms with Gasteiger partial charge in [-0.2, -0.15) is 0 Å². The van der Waals surface area contributed by atoms with E-state index in [4.69, 9.17) is 9.47 Å². The summed E-state index contributed by atoms with van der Waals surface area (Å²) in [6.45, 7) is 5.37. The molecule has 2 atom stereocenters. The van der Waals surface area contributed by atoms with Gasteiger partial charge in [0.25, 0.3) is 0 Å². The quantitative estimate of drug-likeness (QED) is 0.892. The van der Waals surface area contributed by atoms with Crippen molar-refractivity contribution in [2.45, 2.75) is 48.1 Å². The van der Waals surface area contributed by atoms with Crippen molar-refractivity contribution in [2.75, 3.05) is 13.2 Å². The van der Waals surface area contributed by atoms with Crippen LogP contribution in [0.3, 0.4) is 0 Å². The molecule has 0 bridgehead atoms. The van der Waals surface area contributed by atoms with Crippen LogP contribution in [0.2, 0.25) is 0 Å². The zero-order valence-corrected chi connectivity index (χ0v) is 15.8. The van der Waals surface area contributed by atoms with Crippen molar-refractivity contribution in [2.24, 2.45) is 0 Å². The second kappa shape index (κ2) is 6.59. The second-order valence-corrected chi connectivity index (χ2v) is 9.06. The van der Waals surface area contributed by atoms with Gasteiger partial charge in [-0.3, -0.25) is 0 Å². The molecule has 26 heavy (non-hydrogen) atoms. The molecular weight excluding hydrogens is 350 g/mol. The van der Waals surface area contributed by atoms with E-state index in [2.05, 4.69) is 5.32 Å². The minimum atomic E-state index is -3.63. The van der Waals surface area contributed by atoms with E-state index in [1.807, 2.05) is 19.9 Å². The summed E-state index contributed by atoms with van der Waals surface area (Å²) in [5.41, 5.74) is 1.10. The Labute approximate surface area is 154 Å². The summed E-state index contributed by atoms with van der Waals surface area (Å²) in [6, 6.07) is 12.2. The lowest BCUT2D eigenvalue weighted by Gasteiger charge is -2.28. The molecule has 1 fully saturated rings. The molecule has 2 heterocycles. The molecule has 0 amide bonds. The summed E-state index contributed by atoms with van der Waals surface area (Å²) in [5.74, 6) is 1.64. The highest BCUT2D eigenvalue weighted by Crippen LogP contribution is 2.40. The number of benzene rings is 2. The third kappa shape index (κ3) is 3.08. The van der Waals surface area contributed by atoms with Gasteiger partial charge in [-0.1, -0.05) is 12.1 Å². The van der Waals surface area contributed by atoms with Crippen LogP contribution in [0, 0.1) is 0 Å². The minimum Gasteiger partial charge on any atom is -0.492 e. The van der Waals surface area contributed by atoms with Crippen LogP contribution < -0.4 is 14.8 Å². The molecule has 138 valence electrons. The van der Waals surface area contributed by atoms with Crippen molar-refractivity contribution in [3.05, 3.63) is 48.0 Å². The first-order chi connectivity index (χ1) is 12.4. The summed E-state index contributed by atoms with van der Waals surface area (Å²) in [5, 5.41) is 3.43. The van der Waals surface area contributed by atoms with Crippen molar-refractivity contribution < 1.29 is 17.9 Å². The Morgan fingerprint density at radius 3 is 2.77 bits per heavy atom. The lowest BCUT2D eigenvalue weighted by atomic mass is 9.90. The number of hydrogen-bond donors (Lipinski definition) is 1. The first-order valence-corrected chi connectivity index (χ1v) is 10.5. The van der Waals surface area contributed by atoms with E-state index in [-0.39, 0.29) is 15.9 Å². The standard InChI is InChI=1S/C20H23NO4S/c1-13(2)25-14-4-3-5-15(10-14)26(22,23)16-6-7-18-17-8-9-21-19(17)12-24-20(18)11-16/h3-7,10-11,13,17,19,21H,8-9,12H2,1-2H3. The fraction of sp³-hybridized carbons (Fsp3) is 0.400. The van der Waals surface area contributed by atoms with E-state index in [1.165, 1.54) is 0 Å². The Balaban J connectivity index is 1.69. The molecule has 5 nitrogen and oxygen atoms in total. The molecule has 0 radical (unpaired) electrons. The van der Waals surface area contributed by atoms with Crippen molar-refractivity contribution >= 4 is 9.84 Å². The van der Waals surface area contributed by atoms with Gasteiger partial charge in [-0.05, 0) is 62.7 Å². The number of ether oxygens (including phenoxy) is 2. The maximum absolute atomic E-state index is 13.1. The third-order valence-corrected chi connectivity index (χ3v) is 6.70. The summed E-state index contributed by atoms with van der Waals surface area (Å²) in [7, 11) is -3.63. The summed E-state index contributed by atoms with van der Waals surface area (Å²) in [4.78, 5) is 0.481. The van der Waals surface area contributed by atoms with E-state index in [9.17, 15) is 8.42 Å². The molecule has 2 aliphatic rings. The van der Waals surface area contributed by atoms with Crippen LogP contribution in [0.1, 0.15) is 31.7 Å². The van der Waals surface area contributed by atoms with Crippen LogP contribution in [-0.2, 0) is 9.84 Å². The SMILES string of the molecule is CC(C)Oc1cccc(S(=O)(=O)c2ccc3c(c2)OCC2NCCC32)c1. The van der Waals surface area contributed by atoms with E-state index in [1.54, 1.807) is 36.4 Å². The van der Waals surface area contributed by atoms with Crippen molar-refractivity contribution in [3.63, 3.8) is 0 Å². The normalized spacial score (nSPS) is 21.8. The van der Waals surface area contributed by atoms with Crippen LogP contribution in [-0.4, -0.2) is 33.7 Å². The smallest absolute Gasteiger partial charge is 0.206 e. The first-order valence-electron chi connectivity index (χ1n) is 8.97. The molecule has 2 unspecified atom stereocenters. The highest BCUT2D eigenvalue weighted by atomic mass is 32.2. The van der Waals surface area contributed by atoms with Crippen LogP contribution in [0.5, 0.6) is 11.5 Å². The third-order valence-electron chi connectivity index (χ3n) is 4.95. The number of hydrogen-bond acceptors (Lipinski definition) is 5. The summed E-state index contributed by atoms with van der Waals surface area (Å²) < 4.78 is 37.6. The Hall–Kier alpha value is -2.05. The molecule has 0 saturated carbocycles. The summed E-state index contributed by atoms with van der Waals surface area (Å²) >= 11 is 0. The molecule has 2 aliphatic heterocycles. The minimum absolute atomic E-state index is 0.0157. The van der Waals surface area contributed by atoms with Crippen LogP contribution in [0.15, 0.2) is 52.3 Å². The molecule has 0 aromatic heterocycles. The van der Waals surface area contributed by atoms with E-state index in [0.29, 0.717) is 30.1 Å². The Morgan fingerprint density at radius 1 is 1.15 bits per heavy atom. The maximum atomic E-state index is 13.1. The molecule has 6 heteroatoms. The molecule has 2 aromatic rings. The Morgan fingerprint density at radius 2 is 1.96 bits per heavy atom. The predicted molar refractivity (Wildman–Crippen MR) is 98.7 cm³/mol. The topological polar surface area (TPSA) is 64.6 Å². The molecule has 4 rings (SSSR count). The van der Waals surface area contributed by atoms with Gasteiger partial charge in [0.1, 0.15) is 18.1 Å².